The molecule has 0 spiro atoms. The topological polar surface area (TPSA) is 32.3 Å². The molecule has 2 atom stereocenters. The van der Waals surface area contributed by atoms with E-state index in [2.05, 4.69) is 47.5 Å². The minimum atomic E-state index is -0.0910. The molecule has 1 saturated heterocycles. The van der Waals surface area contributed by atoms with E-state index >= 15 is 0 Å². The summed E-state index contributed by atoms with van der Waals surface area (Å²) in [5, 5.41) is 5.80. The first-order valence-electron chi connectivity index (χ1n) is 8.70. The van der Waals surface area contributed by atoms with Gasteiger partial charge in [0.15, 0.2) is 0 Å². The van der Waals surface area contributed by atoms with Crippen LogP contribution in [0.3, 0.4) is 0 Å². The van der Waals surface area contributed by atoms with Crippen LogP contribution in [0.15, 0.2) is 42.5 Å². The molecule has 1 heterocycles. The molecule has 0 aromatic heterocycles. The molecule has 1 fully saturated rings. The number of benzene rings is 2. The van der Waals surface area contributed by atoms with Gasteiger partial charge < -0.3 is 10.2 Å². The van der Waals surface area contributed by atoms with Crippen molar-refractivity contribution in [3.8, 4) is 0 Å². The average Bonchev–Trinajstić information content (AvgIpc) is 3.12. The lowest BCUT2D eigenvalue weighted by Crippen LogP contribution is -2.44. The first-order valence-corrected chi connectivity index (χ1v) is 8.70. The van der Waals surface area contributed by atoms with Crippen LogP contribution in [0.25, 0.3) is 10.8 Å². The van der Waals surface area contributed by atoms with Gasteiger partial charge in [0, 0.05) is 19.1 Å². The Bertz CT molecular complexity index is 676. The van der Waals surface area contributed by atoms with Crippen molar-refractivity contribution in [1.29, 1.82) is 0 Å². The molecule has 3 heteroatoms. The summed E-state index contributed by atoms with van der Waals surface area (Å²) >= 11 is 0. The Morgan fingerprint density at radius 3 is 2.74 bits per heavy atom. The zero-order valence-corrected chi connectivity index (χ0v) is 14.1. The normalized spacial score (nSPS) is 19.0. The van der Waals surface area contributed by atoms with E-state index in [4.69, 9.17) is 0 Å². The van der Waals surface area contributed by atoms with Crippen molar-refractivity contribution >= 4 is 16.7 Å². The maximum absolute atomic E-state index is 13.1. The molecular formula is C20H26N2O. The molecule has 1 aliphatic heterocycles. The molecule has 0 aliphatic carbocycles. The number of hydrogen-bond donors (Lipinski definition) is 1. The summed E-state index contributed by atoms with van der Waals surface area (Å²) in [5.74, 6) is 0.169. The van der Waals surface area contributed by atoms with Gasteiger partial charge in [0.2, 0.25) is 5.91 Å². The number of carbonyl (C=O) groups excluding carboxylic acids is 1. The summed E-state index contributed by atoms with van der Waals surface area (Å²) in [4.78, 5) is 15.2. The highest BCUT2D eigenvalue weighted by Gasteiger charge is 2.29. The zero-order valence-electron chi connectivity index (χ0n) is 14.1. The van der Waals surface area contributed by atoms with Crippen molar-refractivity contribution in [2.24, 2.45) is 0 Å². The van der Waals surface area contributed by atoms with Crippen LogP contribution in [0.2, 0.25) is 0 Å². The van der Waals surface area contributed by atoms with Crippen molar-refractivity contribution in [2.45, 2.75) is 38.6 Å². The minimum Gasteiger partial charge on any atom is -0.338 e. The standard InChI is InChI=1S/C20H26N2O/c1-3-12-22(19-10-11-21-14-19)20(23)15(2)17-9-8-16-6-4-5-7-18(16)13-17/h4-9,13,15,19,21H,3,10-12,14H2,1-2H3. The van der Waals surface area contributed by atoms with Gasteiger partial charge in [0.25, 0.3) is 0 Å². The number of amides is 1. The molecule has 1 N–H and O–H groups in total. The maximum atomic E-state index is 13.1. The van der Waals surface area contributed by atoms with Crippen LogP contribution in [-0.2, 0) is 4.79 Å². The average molecular weight is 310 g/mol. The Labute approximate surface area is 138 Å². The molecule has 2 aromatic carbocycles. The second kappa shape index (κ2) is 7.14. The predicted octanol–water partition coefficient (Wildman–Crippen LogP) is 3.54. The van der Waals surface area contributed by atoms with Crippen LogP contribution >= 0.6 is 0 Å². The number of fused-ring (bicyclic) bond motifs is 1. The molecule has 3 rings (SSSR count). The smallest absolute Gasteiger partial charge is 0.230 e. The van der Waals surface area contributed by atoms with Gasteiger partial charge in [0.1, 0.15) is 0 Å². The maximum Gasteiger partial charge on any atom is 0.230 e. The van der Waals surface area contributed by atoms with Crippen LogP contribution in [0.5, 0.6) is 0 Å². The van der Waals surface area contributed by atoms with Crippen molar-refractivity contribution in [3.05, 3.63) is 48.0 Å². The lowest BCUT2D eigenvalue weighted by molar-refractivity contribution is -0.134. The number of nitrogens with one attached hydrogen (secondary N) is 1. The highest BCUT2D eigenvalue weighted by atomic mass is 16.2. The molecule has 23 heavy (non-hydrogen) atoms. The number of carbonyl (C=O) groups is 1. The second-order valence-corrected chi connectivity index (χ2v) is 6.51. The predicted molar refractivity (Wildman–Crippen MR) is 95.6 cm³/mol. The fourth-order valence-electron chi connectivity index (χ4n) is 3.49. The second-order valence-electron chi connectivity index (χ2n) is 6.51. The summed E-state index contributed by atoms with van der Waals surface area (Å²) in [6.07, 6.45) is 2.07. The molecule has 0 saturated carbocycles. The van der Waals surface area contributed by atoms with E-state index in [1.54, 1.807) is 0 Å². The molecule has 1 aliphatic rings. The Morgan fingerprint density at radius 1 is 1.26 bits per heavy atom. The monoisotopic (exact) mass is 310 g/mol. The van der Waals surface area contributed by atoms with Crippen molar-refractivity contribution in [3.63, 3.8) is 0 Å². The van der Waals surface area contributed by atoms with Crippen LogP contribution in [0, 0.1) is 0 Å². The summed E-state index contributed by atoms with van der Waals surface area (Å²) < 4.78 is 0. The third-order valence-corrected chi connectivity index (χ3v) is 4.87. The molecule has 3 nitrogen and oxygen atoms in total. The Morgan fingerprint density at radius 2 is 2.04 bits per heavy atom. The van der Waals surface area contributed by atoms with Gasteiger partial charge >= 0.3 is 0 Å². The SMILES string of the molecule is CCCN(C(=O)C(C)c1ccc2ccccc2c1)C1CCNC1. The van der Waals surface area contributed by atoms with E-state index in [0.717, 1.165) is 38.0 Å². The fourth-order valence-corrected chi connectivity index (χ4v) is 3.49. The fraction of sp³-hybridized carbons (Fsp3) is 0.450. The van der Waals surface area contributed by atoms with E-state index in [9.17, 15) is 4.79 Å². The molecule has 0 bridgehead atoms. The summed E-state index contributed by atoms with van der Waals surface area (Å²) in [6.45, 7) is 6.97. The first kappa shape index (κ1) is 16.0. The number of hydrogen-bond acceptors (Lipinski definition) is 2. The van der Waals surface area contributed by atoms with Crippen LogP contribution in [0.4, 0.5) is 0 Å². The summed E-state index contributed by atoms with van der Waals surface area (Å²) in [5.41, 5.74) is 1.11. The highest BCUT2D eigenvalue weighted by molar-refractivity contribution is 5.87. The quantitative estimate of drug-likeness (QED) is 0.916. The third-order valence-electron chi connectivity index (χ3n) is 4.87. The van der Waals surface area contributed by atoms with Gasteiger partial charge in [-0.25, -0.2) is 0 Å². The molecule has 0 radical (unpaired) electrons. The van der Waals surface area contributed by atoms with Gasteiger partial charge in [-0.1, -0.05) is 49.4 Å². The van der Waals surface area contributed by atoms with Gasteiger partial charge in [0.05, 0.1) is 5.92 Å². The van der Waals surface area contributed by atoms with E-state index in [1.807, 2.05) is 19.1 Å². The molecular weight excluding hydrogens is 284 g/mol. The van der Waals surface area contributed by atoms with E-state index in [0.29, 0.717) is 6.04 Å². The Kier molecular flexibility index (Phi) is 4.97. The Balaban J connectivity index is 1.83. The van der Waals surface area contributed by atoms with Crippen LogP contribution < -0.4 is 5.32 Å². The van der Waals surface area contributed by atoms with Crippen LogP contribution in [-0.4, -0.2) is 36.5 Å². The van der Waals surface area contributed by atoms with E-state index in [1.165, 1.54) is 10.8 Å². The summed E-state index contributed by atoms with van der Waals surface area (Å²) in [6, 6.07) is 15.1. The third kappa shape index (κ3) is 3.40. The Hall–Kier alpha value is -1.87. The summed E-state index contributed by atoms with van der Waals surface area (Å²) in [7, 11) is 0. The lowest BCUT2D eigenvalue weighted by atomic mass is 9.96. The zero-order chi connectivity index (χ0) is 16.2. The number of nitrogens with zero attached hydrogens (tertiary/aromatic N) is 1. The molecule has 2 unspecified atom stereocenters. The van der Waals surface area contributed by atoms with Gasteiger partial charge in [-0.2, -0.15) is 0 Å². The largest absolute Gasteiger partial charge is 0.338 e. The van der Waals surface area contributed by atoms with E-state index in [-0.39, 0.29) is 11.8 Å². The molecule has 2 aromatic rings. The van der Waals surface area contributed by atoms with E-state index < -0.39 is 0 Å². The van der Waals surface area contributed by atoms with Crippen molar-refractivity contribution in [2.75, 3.05) is 19.6 Å². The minimum absolute atomic E-state index is 0.0910. The van der Waals surface area contributed by atoms with Gasteiger partial charge in [-0.15, -0.1) is 0 Å². The van der Waals surface area contributed by atoms with Crippen LogP contribution in [0.1, 0.15) is 38.2 Å². The van der Waals surface area contributed by atoms with Gasteiger partial charge in [-0.05, 0) is 42.6 Å². The number of rotatable bonds is 5. The van der Waals surface area contributed by atoms with Crippen molar-refractivity contribution in [1.82, 2.24) is 10.2 Å². The first-order chi connectivity index (χ1) is 11.2. The van der Waals surface area contributed by atoms with Crippen molar-refractivity contribution < 1.29 is 4.79 Å². The highest BCUT2D eigenvalue weighted by Crippen LogP contribution is 2.25. The molecule has 1 amide bonds. The lowest BCUT2D eigenvalue weighted by Gasteiger charge is -2.31. The van der Waals surface area contributed by atoms with Gasteiger partial charge in [-0.3, -0.25) is 4.79 Å². The molecule has 122 valence electrons.